The molecule has 1 atom stereocenters. The van der Waals surface area contributed by atoms with Crippen molar-refractivity contribution < 1.29 is 4.74 Å². The average Bonchev–Trinajstić information content (AvgIpc) is 3.02. The first-order valence-electron chi connectivity index (χ1n) is 5.39. The fraction of sp³-hybridized carbons (Fsp3) is 0.417. The highest BCUT2D eigenvalue weighted by atomic mass is 16.5. The van der Waals surface area contributed by atoms with Gasteiger partial charge in [-0.2, -0.15) is 0 Å². The van der Waals surface area contributed by atoms with Gasteiger partial charge in [0.15, 0.2) is 0 Å². The molecular weight excluding hydrogens is 188 g/mol. The number of nitrogens with two attached hydrogens (primary N) is 1. The number of aliphatic imine (C=N–C) groups is 1. The summed E-state index contributed by atoms with van der Waals surface area (Å²) in [6.07, 6.45) is 2.71. The molecule has 15 heavy (non-hydrogen) atoms. The lowest BCUT2D eigenvalue weighted by atomic mass is 10.0. The number of nitrogens with zero attached hydrogens (tertiary/aromatic N) is 1. The minimum Gasteiger partial charge on any atom is -0.455 e. The van der Waals surface area contributed by atoms with E-state index in [1.54, 1.807) is 0 Å². The molecule has 3 rings (SSSR count). The van der Waals surface area contributed by atoms with Crippen LogP contribution in [0.1, 0.15) is 36.0 Å². The maximum absolute atomic E-state index is 5.48. The van der Waals surface area contributed by atoms with E-state index in [2.05, 4.69) is 29.3 Å². The van der Waals surface area contributed by atoms with Gasteiger partial charge in [0.05, 0.1) is 6.54 Å². The third-order valence-corrected chi connectivity index (χ3v) is 3.03. The van der Waals surface area contributed by atoms with Crippen molar-refractivity contribution in [2.75, 3.05) is 6.54 Å². The van der Waals surface area contributed by atoms with Crippen molar-refractivity contribution in [2.45, 2.75) is 24.9 Å². The molecule has 1 aromatic rings. The van der Waals surface area contributed by atoms with Gasteiger partial charge in [0.2, 0.25) is 0 Å². The summed E-state index contributed by atoms with van der Waals surface area (Å²) < 4.78 is 5.39. The van der Waals surface area contributed by atoms with Crippen molar-refractivity contribution in [3.05, 3.63) is 35.4 Å². The maximum Gasteiger partial charge on any atom is 0.282 e. The summed E-state index contributed by atoms with van der Waals surface area (Å²) in [6.45, 7) is 0.647. The smallest absolute Gasteiger partial charge is 0.282 e. The monoisotopic (exact) mass is 202 g/mol. The number of hydrogen-bond donors (Lipinski definition) is 1. The van der Waals surface area contributed by atoms with E-state index in [-0.39, 0.29) is 6.10 Å². The molecule has 1 aliphatic heterocycles. The van der Waals surface area contributed by atoms with E-state index in [0.717, 1.165) is 5.92 Å². The van der Waals surface area contributed by atoms with Crippen LogP contribution in [0.2, 0.25) is 0 Å². The Hall–Kier alpha value is -1.51. The second-order valence-electron chi connectivity index (χ2n) is 4.23. The molecule has 3 nitrogen and oxygen atoms in total. The standard InChI is InChI=1S/C12H14N2O/c13-12-14-7-11(15-12)10-5-3-9(4-6-10)8-1-2-8/h3-6,8,11H,1-2,7H2,(H2,13,14). The highest BCUT2D eigenvalue weighted by Gasteiger charge is 2.24. The molecule has 0 amide bonds. The van der Waals surface area contributed by atoms with Crippen LogP contribution >= 0.6 is 0 Å². The van der Waals surface area contributed by atoms with E-state index >= 15 is 0 Å². The quantitative estimate of drug-likeness (QED) is 0.796. The van der Waals surface area contributed by atoms with Gasteiger partial charge in [0.25, 0.3) is 6.02 Å². The molecule has 1 aromatic carbocycles. The van der Waals surface area contributed by atoms with E-state index in [0.29, 0.717) is 12.6 Å². The Bertz CT molecular complexity index is 393. The SMILES string of the molecule is NC1=NCC(c2ccc(C3CC3)cc2)O1. The molecule has 2 aliphatic rings. The number of benzene rings is 1. The topological polar surface area (TPSA) is 47.6 Å². The van der Waals surface area contributed by atoms with E-state index in [1.165, 1.54) is 24.0 Å². The Morgan fingerprint density at radius 1 is 1.13 bits per heavy atom. The minimum atomic E-state index is 0.0262. The highest BCUT2D eigenvalue weighted by Crippen LogP contribution is 2.40. The summed E-state index contributed by atoms with van der Waals surface area (Å²) >= 11 is 0. The zero-order chi connectivity index (χ0) is 10.3. The maximum atomic E-state index is 5.48. The van der Waals surface area contributed by atoms with Crippen LogP contribution in [0.5, 0.6) is 0 Å². The Morgan fingerprint density at radius 3 is 2.33 bits per heavy atom. The molecule has 1 fully saturated rings. The number of ether oxygens (including phenoxy) is 1. The van der Waals surface area contributed by atoms with E-state index in [1.807, 2.05) is 0 Å². The number of hydrogen-bond acceptors (Lipinski definition) is 3. The van der Waals surface area contributed by atoms with Gasteiger partial charge in [-0.15, -0.1) is 0 Å². The highest BCUT2D eigenvalue weighted by molar-refractivity contribution is 5.73. The first kappa shape index (κ1) is 8.77. The molecule has 0 bridgehead atoms. The normalized spacial score (nSPS) is 24.8. The van der Waals surface area contributed by atoms with Crippen molar-refractivity contribution in [3.63, 3.8) is 0 Å². The van der Waals surface area contributed by atoms with E-state index in [9.17, 15) is 0 Å². The number of rotatable bonds is 2. The van der Waals surface area contributed by atoms with Crippen molar-refractivity contribution >= 4 is 6.02 Å². The molecule has 1 saturated carbocycles. The molecule has 1 heterocycles. The molecule has 3 heteroatoms. The van der Waals surface area contributed by atoms with Gasteiger partial charge in [-0.3, -0.25) is 0 Å². The van der Waals surface area contributed by atoms with E-state index < -0.39 is 0 Å². The van der Waals surface area contributed by atoms with Gasteiger partial charge in [0.1, 0.15) is 6.10 Å². The van der Waals surface area contributed by atoms with Crippen molar-refractivity contribution in [1.29, 1.82) is 0 Å². The Balaban J connectivity index is 1.75. The molecule has 78 valence electrons. The van der Waals surface area contributed by atoms with Crippen LogP contribution < -0.4 is 5.73 Å². The second kappa shape index (κ2) is 3.26. The molecule has 0 radical (unpaired) electrons. The third kappa shape index (κ3) is 1.69. The van der Waals surface area contributed by atoms with Crippen LogP contribution in [0.25, 0.3) is 0 Å². The lowest BCUT2D eigenvalue weighted by Gasteiger charge is -2.10. The van der Waals surface area contributed by atoms with Crippen molar-refractivity contribution in [2.24, 2.45) is 10.7 Å². The minimum absolute atomic E-state index is 0.0262. The summed E-state index contributed by atoms with van der Waals surface area (Å²) in [5, 5.41) is 0. The molecule has 2 N–H and O–H groups in total. The Morgan fingerprint density at radius 2 is 1.80 bits per heavy atom. The van der Waals surface area contributed by atoms with E-state index in [4.69, 9.17) is 10.5 Å². The van der Waals surface area contributed by atoms with Crippen LogP contribution in [0.4, 0.5) is 0 Å². The number of amidine groups is 1. The van der Waals surface area contributed by atoms with Crippen molar-refractivity contribution in [3.8, 4) is 0 Å². The zero-order valence-electron chi connectivity index (χ0n) is 8.52. The Labute approximate surface area is 89.0 Å². The molecular formula is C12H14N2O. The van der Waals surface area contributed by atoms with Gasteiger partial charge in [-0.05, 0) is 29.9 Å². The average molecular weight is 202 g/mol. The largest absolute Gasteiger partial charge is 0.455 e. The van der Waals surface area contributed by atoms with Crippen LogP contribution in [0, 0.1) is 0 Å². The predicted molar refractivity (Wildman–Crippen MR) is 58.7 cm³/mol. The third-order valence-electron chi connectivity index (χ3n) is 3.03. The predicted octanol–water partition coefficient (Wildman–Crippen LogP) is 1.95. The Kier molecular flexibility index (Phi) is 1.91. The fourth-order valence-electron chi connectivity index (χ4n) is 1.97. The lowest BCUT2D eigenvalue weighted by Crippen LogP contribution is -2.13. The zero-order valence-corrected chi connectivity index (χ0v) is 8.52. The molecule has 0 spiro atoms. The summed E-state index contributed by atoms with van der Waals surface area (Å²) in [5.41, 5.74) is 8.10. The van der Waals surface area contributed by atoms with Crippen LogP contribution in [-0.2, 0) is 4.74 Å². The first-order valence-corrected chi connectivity index (χ1v) is 5.39. The summed E-state index contributed by atoms with van der Waals surface area (Å²) in [5.74, 6) is 0.810. The van der Waals surface area contributed by atoms with Gasteiger partial charge < -0.3 is 10.5 Å². The van der Waals surface area contributed by atoms with Crippen LogP contribution in [-0.4, -0.2) is 12.6 Å². The second-order valence-corrected chi connectivity index (χ2v) is 4.23. The summed E-state index contributed by atoms with van der Waals surface area (Å²) in [6, 6.07) is 8.97. The first-order chi connectivity index (χ1) is 7.33. The molecule has 1 aliphatic carbocycles. The fourth-order valence-corrected chi connectivity index (χ4v) is 1.97. The van der Waals surface area contributed by atoms with Gasteiger partial charge in [-0.25, -0.2) is 4.99 Å². The van der Waals surface area contributed by atoms with Crippen molar-refractivity contribution in [1.82, 2.24) is 0 Å². The summed E-state index contributed by atoms with van der Waals surface area (Å²) in [4.78, 5) is 4.04. The van der Waals surface area contributed by atoms with Gasteiger partial charge in [-0.1, -0.05) is 24.3 Å². The van der Waals surface area contributed by atoms with Crippen LogP contribution in [0.15, 0.2) is 29.3 Å². The van der Waals surface area contributed by atoms with Gasteiger partial charge in [0, 0.05) is 0 Å². The van der Waals surface area contributed by atoms with Crippen LogP contribution in [0.3, 0.4) is 0 Å². The molecule has 1 unspecified atom stereocenters. The lowest BCUT2D eigenvalue weighted by molar-refractivity contribution is 0.226. The molecule has 0 saturated heterocycles. The van der Waals surface area contributed by atoms with Gasteiger partial charge >= 0.3 is 0 Å². The molecule has 0 aromatic heterocycles. The summed E-state index contributed by atoms with van der Waals surface area (Å²) in [7, 11) is 0.